The Balaban J connectivity index is 1.89. The summed E-state index contributed by atoms with van der Waals surface area (Å²) in [5.74, 6) is -0.0595. The van der Waals surface area contributed by atoms with Crippen molar-refractivity contribution in [1.82, 2.24) is 14.7 Å². The van der Waals surface area contributed by atoms with E-state index in [1.54, 1.807) is 6.07 Å². The molecule has 5 nitrogen and oxygen atoms in total. The number of anilines is 1. The molecule has 1 heterocycles. The predicted octanol–water partition coefficient (Wildman–Crippen LogP) is 2.94. The molecule has 22 heavy (non-hydrogen) atoms. The van der Waals surface area contributed by atoms with Gasteiger partial charge in [-0.15, -0.1) is 0 Å². The number of benzene rings is 1. The van der Waals surface area contributed by atoms with E-state index in [-0.39, 0.29) is 5.91 Å². The first-order valence-corrected chi connectivity index (χ1v) is 7.61. The van der Waals surface area contributed by atoms with E-state index in [2.05, 4.69) is 10.4 Å². The van der Waals surface area contributed by atoms with E-state index in [9.17, 15) is 4.79 Å². The van der Waals surface area contributed by atoms with Crippen LogP contribution in [0.2, 0.25) is 5.02 Å². The van der Waals surface area contributed by atoms with Crippen molar-refractivity contribution in [1.29, 1.82) is 0 Å². The summed E-state index contributed by atoms with van der Waals surface area (Å²) < 4.78 is 1.87. The van der Waals surface area contributed by atoms with Crippen LogP contribution in [0.5, 0.6) is 0 Å². The topological polar surface area (TPSA) is 50.2 Å². The smallest absolute Gasteiger partial charge is 0.238 e. The molecule has 0 saturated carbocycles. The SMILES string of the molecule is CCn1cc(CN(C)CC(=O)Nc2cc(Cl)ccc2C)cn1. The Morgan fingerprint density at radius 3 is 2.91 bits per heavy atom. The van der Waals surface area contributed by atoms with Gasteiger partial charge in [0, 0.05) is 35.6 Å². The highest BCUT2D eigenvalue weighted by molar-refractivity contribution is 6.31. The molecular weight excluding hydrogens is 300 g/mol. The minimum Gasteiger partial charge on any atom is -0.325 e. The molecule has 1 N–H and O–H groups in total. The van der Waals surface area contributed by atoms with E-state index in [0.717, 1.165) is 23.4 Å². The molecule has 0 aliphatic rings. The number of likely N-dealkylation sites (N-methyl/N-ethyl adjacent to an activating group) is 1. The van der Waals surface area contributed by atoms with Crippen molar-refractivity contribution in [3.8, 4) is 0 Å². The number of nitrogens with zero attached hydrogens (tertiary/aromatic N) is 3. The summed E-state index contributed by atoms with van der Waals surface area (Å²) in [5.41, 5.74) is 2.84. The van der Waals surface area contributed by atoms with Gasteiger partial charge in [0.1, 0.15) is 0 Å². The summed E-state index contributed by atoms with van der Waals surface area (Å²) in [6, 6.07) is 5.46. The second kappa shape index (κ2) is 7.42. The third-order valence-corrected chi connectivity index (χ3v) is 3.59. The Hall–Kier alpha value is -1.85. The number of carbonyl (C=O) groups is 1. The molecule has 2 aromatic rings. The van der Waals surface area contributed by atoms with Crippen LogP contribution < -0.4 is 5.32 Å². The van der Waals surface area contributed by atoms with Crippen molar-refractivity contribution in [2.75, 3.05) is 18.9 Å². The predicted molar refractivity (Wildman–Crippen MR) is 89.1 cm³/mol. The molecule has 6 heteroatoms. The summed E-state index contributed by atoms with van der Waals surface area (Å²) in [6.07, 6.45) is 3.83. The summed E-state index contributed by atoms with van der Waals surface area (Å²) in [6.45, 7) is 5.82. The monoisotopic (exact) mass is 320 g/mol. The van der Waals surface area contributed by atoms with Gasteiger partial charge in [-0.3, -0.25) is 14.4 Å². The third kappa shape index (κ3) is 4.58. The van der Waals surface area contributed by atoms with Crippen LogP contribution in [-0.2, 0) is 17.9 Å². The lowest BCUT2D eigenvalue weighted by atomic mass is 10.2. The molecule has 0 unspecified atom stereocenters. The van der Waals surface area contributed by atoms with Crippen LogP contribution in [0, 0.1) is 6.92 Å². The van der Waals surface area contributed by atoms with Gasteiger partial charge < -0.3 is 5.32 Å². The second-order valence-corrected chi connectivity index (χ2v) is 5.82. The highest BCUT2D eigenvalue weighted by atomic mass is 35.5. The standard InChI is InChI=1S/C16H21ClN4O/c1-4-21-10-13(8-18-21)9-20(3)11-16(22)19-15-7-14(17)6-5-12(15)2/h5-8,10H,4,9,11H2,1-3H3,(H,19,22). The van der Waals surface area contributed by atoms with Crippen molar-refractivity contribution in [3.05, 3.63) is 46.7 Å². The van der Waals surface area contributed by atoms with Crippen LogP contribution >= 0.6 is 11.6 Å². The molecule has 1 aromatic heterocycles. The maximum absolute atomic E-state index is 12.1. The Morgan fingerprint density at radius 1 is 1.45 bits per heavy atom. The van der Waals surface area contributed by atoms with Crippen molar-refractivity contribution in [3.63, 3.8) is 0 Å². The van der Waals surface area contributed by atoms with E-state index in [1.807, 2.05) is 55.0 Å². The average molecular weight is 321 g/mol. The lowest BCUT2D eigenvalue weighted by Crippen LogP contribution is -2.29. The van der Waals surface area contributed by atoms with Gasteiger partial charge in [-0.1, -0.05) is 17.7 Å². The normalized spacial score (nSPS) is 11.0. The van der Waals surface area contributed by atoms with Crippen molar-refractivity contribution in [2.24, 2.45) is 0 Å². The number of halogens is 1. The van der Waals surface area contributed by atoms with Crippen LogP contribution in [0.1, 0.15) is 18.1 Å². The molecule has 0 aliphatic heterocycles. The Kier molecular flexibility index (Phi) is 5.57. The fourth-order valence-corrected chi connectivity index (χ4v) is 2.36. The van der Waals surface area contributed by atoms with Crippen LogP contribution in [0.4, 0.5) is 5.69 Å². The van der Waals surface area contributed by atoms with Gasteiger partial charge in [-0.05, 0) is 38.6 Å². The first kappa shape index (κ1) is 16.5. The fourth-order valence-electron chi connectivity index (χ4n) is 2.19. The number of hydrogen-bond donors (Lipinski definition) is 1. The van der Waals surface area contributed by atoms with E-state index >= 15 is 0 Å². The minimum absolute atomic E-state index is 0.0595. The van der Waals surface area contributed by atoms with Gasteiger partial charge in [0.2, 0.25) is 5.91 Å². The van der Waals surface area contributed by atoms with E-state index in [0.29, 0.717) is 18.1 Å². The highest BCUT2D eigenvalue weighted by Gasteiger charge is 2.10. The first-order valence-electron chi connectivity index (χ1n) is 7.23. The summed E-state index contributed by atoms with van der Waals surface area (Å²) in [7, 11) is 1.91. The van der Waals surface area contributed by atoms with Gasteiger partial charge in [-0.25, -0.2) is 0 Å². The highest BCUT2D eigenvalue weighted by Crippen LogP contribution is 2.20. The zero-order chi connectivity index (χ0) is 16.1. The van der Waals surface area contributed by atoms with Crippen LogP contribution in [0.15, 0.2) is 30.6 Å². The molecule has 0 spiro atoms. The Morgan fingerprint density at radius 2 is 2.23 bits per heavy atom. The largest absolute Gasteiger partial charge is 0.325 e. The molecule has 1 amide bonds. The van der Waals surface area contributed by atoms with Crippen LogP contribution in [0.3, 0.4) is 0 Å². The number of amides is 1. The van der Waals surface area contributed by atoms with Gasteiger partial charge in [-0.2, -0.15) is 5.10 Å². The molecule has 2 rings (SSSR count). The molecule has 118 valence electrons. The lowest BCUT2D eigenvalue weighted by Gasteiger charge is -2.16. The molecule has 0 bridgehead atoms. The van der Waals surface area contributed by atoms with Crippen molar-refractivity contribution in [2.45, 2.75) is 26.9 Å². The van der Waals surface area contributed by atoms with Crippen LogP contribution in [0.25, 0.3) is 0 Å². The van der Waals surface area contributed by atoms with Crippen molar-refractivity contribution < 1.29 is 4.79 Å². The maximum Gasteiger partial charge on any atom is 0.238 e. The fraction of sp³-hybridized carbons (Fsp3) is 0.375. The zero-order valence-corrected chi connectivity index (χ0v) is 13.9. The molecule has 0 fully saturated rings. The Labute approximate surface area is 135 Å². The zero-order valence-electron chi connectivity index (χ0n) is 13.1. The molecule has 0 radical (unpaired) electrons. The summed E-state index contributed by atoms with van der Waals surface area (Å²) >= 11 is 5.96. The number of rotatable bonds is 6. The third-order valence-electron chi connectivity index (χ3n) is 3.35. The second-order valence-electron chi connectivity index (χ2n) is 5.38. The molecule has 0 atom stereocenters. The quantitative estimate of drug-likeness (QED) is 0.890. The summed E-state index contributed by atoms with van der Waals surface area (Å²) in [5, 5.41) is 7.74. The lowest BCUT2D eigenvalue weighted by molar-refractivity contribution is -0.117. The van der Waals surface area contributed by atoms with Crippen LogP contribution in [-0.4, -0.2) is 34.2 Å². The van der Waals surface area contributed by atoms with Gasteiger partial charge >= 0.3 is 0 Å². The van der Waals surface area contributed by atoms with E-state index < -0.39 is 0 Å². The number of nitrogens with one attached hydrogen (secondary N) is 1. The Bertz CT molecular complexity index is 653. The number of hydrogen-bond acceptors (Lipinski definition) is 3. The van der Waals surface area contributed by atoms with Crippen molar-refractivity contribution >= 4 is 23.2 Å². The minimum atomic E-state index is -0.0595. The number of aromatic nitrogens is 2. The average Bonchev–Trinajstić information content (AvgIpc) is 2.90. The van der Waals surface area contributed by atoms with Gasteiger partial charge in [0.25, 0.3) is 0 Å². The number of aryl methyl sites for hydroxylation is 2. The van der Waals surface area contributed by atoms with E-state index in [4.69, 9.17) is 11.6 Å². The maximum atomic E-state index is 12.1. The molecule has 0 aliphatic carbocycles. The number of carbonyl (C=O) groups excluding carboxylic acids is 1. The summed E-state index contributed by atoms with van der Waals surface area (Å²) in [4.78, 5) is 14.1. The molecular formula is C16H21ClN4O. The van der Waals surface area contributed by atoms with Gasteiger partial charge in [0.05, 0.1) is 12.7 Å². The van der Waals surface area contributed by atoms with E-state index in [1.165, 1.54) is 0 Å². The molecule has 0 saturated heterocycles. The first-order chi connectivity index (χ1) is 10.5. The van der Waals surface area contributed by atoms with Gasteiger partial charge in [0.15, 0.2) is 0 Å². The molecule has 1 aromatic carbocycles.